The van der Waals surface area contributed by atoms with Gasteiger partial charge in [-0.1, -0.05) is 22.9 Å². The number of benzene rings is 2. The number of piperidine rings is 1. The molecule has 0 saturated carbocycles. The van der Waals surface area contributed by atoms with Crippen LogP contribution in [0.25, 0.3) is 11.4 Å². The lowest BCUT2D eigenvalue weighted by Gasteiger charge is -2.31. The molecule has 1 atom stereocenters. The minimum atomic E-state index is -0.306. The van der Waals surface area contributed by atoms with E-state index in [9.17, 15) is 9.18 Å². The molecule has 1 fully saturated rings. The van der Waals surface area contributed by atoms with Crippen molar-refractivity contribution in [2.45, 2.75) is 25.7 Å². The zero-order chi connectivity index (χ0) is 18.8. The summed E-state index contributed by atoms with van der Waals surface area (Å²) in [6, 6.07) is 13.6. The van der Waals surface area contributed by atoms with E-state index >= 15 is 0 Å². The zero-order valence-electron chi connectivity index (χ0n) is 15.1. The van der Waals surface area contributed by atoms with Crippen molar-refractivity contribution in [2.75, 3.05) is 13.1 Å². The molecule has 1 aliphatic rings. The van der Waals surface area contributed by atoms with Crippen molar-refractivity contribution in [3.63, 3.8) is 0 Å². The molecule has 4 rings (SSSR count). The van der Waals surface area contributed by atoms with Crippen LogP contribution in [0.3, 0.4) is 0 Å². The number of aromatic nitrogens is 2. The van der Waals surface area contributed by atoms with Gasteiger partial charge in [-0.2, -0.15) is 4.98 Å². The number of hydrogen-bond acceptors (Lipinski definition) is 4. The number of hydrogen-bond donors (Lipinski definition) is 0. The van der Waals surface area contributed by atoms with E-state index < -0.39 is 0 Å². The van der Waals surface area contributed by atoms with Crippen molar-refractivity contribution >= 4 is 5.91 Å². The summed E-state index contributed by atoms with van der Waals surface area (Å²) < 4.78 is 18.5. The molecule has 1 unspecified atom stereocenters. The fourth-order valence-corrected chi connectivity index (χ4v) is 3.36. The summed E-state index contributed by atoms with van der Waals surface area (Å²) in [7, 11) is 0. The quantitative estimate of drug-likeness (QED) is 0.698. The predicted octanol–water partition coefficient (Wildman–Crippen LogP) is 4.20. The van der Waals surface area contributed by atoms with Gasteiger partial charge < -0.3 is 9.42 Å². The summed E-state index contributed by atoms with van der Waals surface area (Å²) in [4.78, 5) is 19.1. The Balaban J connectivity index is 1.49. The van der Waals surface area contributed by atoms with Crippen molar-refractivity contribution in [1.29, 1.82) is 0 Å². The number of nitrogens with zero attached hydrogens (tertiary/aromatic N) is 3. The summed E-state index contributed by atoms with van der Waals surface area (Å²) >= 11 is 0. The first kappa shape index (κ1) is 17.4. The van der Waals surface area contributed by atoms with E-state index in [-0.39, 0.29) is 17.6 Å². The van der Waals surface area contributed by atoms with Crippen LogP contribution >= 0.6 is 0 Å². The Bertz CT molecular complexity index is 935. The number of rotatable bonds is 3. The summed E-state index contributed by atoms with van der Waals surface area (Å²) in [6.07, 6.45) is 1.78. The van der Waals surface area contributed by atoms with Crippen molar-refractivity contribution < 1.29 is 13.7 Å². The Morgan fingerprint density at radius 1 is 1.15 bits per heavy atom. The zero-order valence-corrected chi connectivity index (χ0v) is 15.1. The highest BCUT2D eigenvalue weighted by Gasteiger charge is 2.29. The van der Waals surface area contributed by atoms with Crippen molar-refractivity contribution in [1.82, 2.24) is 15.0 Å². The highest BCUT2D eigenvalue weighted by Crippen LogP contribution is 2.28. The number of aryl methyl sites for hydroxylation is 1. The molecule has 6 heteroatoms. The fourth-order valence-electron chi connectivity index (χ4n) is 3.36. The topological polar surface area (TPSA) is 59.2 Å². The SMILES string of the molecule is Cc1ccc(C(=O)N2CCCC(c3nc(-c4ccc(F)cc4)no3)C2)cc1. The molecule has 1 saturated heterocycles. The molecule has 1 aliphatic heterocycles. The van der Waals surface area contributed by atoms with E-state index in [1.807, 2.05) is 36.1 Å². The van der Waals surface area contributed by atoms with Gasteiger partial charge in [0.25, 0.3) is 5.91 Å². The predicted molar refractivity (Wildman–Crippen MR) is 98.7 cm³/mol. The molecule has 0 radical (unpaired) electrons. The standard InChI is InChI=1S/C21H20FN3O2/c1-14-4-6-16(7-5-14)21(26)25-12-2-3-17(13-25)20-23-19(24-27-20)15-8-10-18(22)11-9-15/h4-11,17H,2-3,12-13H2,1H3. The number of amides is 1. The van der Waals surface area contributed by atoms with Crippen molar-refractivity contribution in [3.05, 3.63) is 71.4 Å². The fraction of sp³-hybridized carbons (Fsp3) is 0.286. The molecule has 138 valence electrons. The van der Waals surface area contributed by atoms with E-state index in [0.717, 1.165) is 24.9 Å². The molecule has 0 bridgehead atoms. The Kier molecular flexibility index (Phi) is 4.71. The van der Waals surface area contributed by atoms with Gasteiger partial charge in [0.1, 0.15) is 5.82 Å². The summed E-state index contributed by atoms with van der Waals surface area (Å²) in [5.74, 6) is 0.690. The Morgan fingerprint density at radius 3 is 2.63 bits per heavy atom. The molecule has 1 aromatic heterocycles. The second kappa shape index (κ2) is 7.31. The van der Waals surface area contributed by atoms with Gasteiger partial charge in [-0.05, 0) is 56.2 Å². The van der Waals surface area contributed by atoms with Gasteiger partial charge in [-0.3, -0.25) is 4.79 Å². The van der Waals surface area contributed by atoms with Crippen LogP contribution in [-0.4, -0.2) is 34.0 Å². The maximum Gasteiger partial charge on any atom is 0.253 e. The highest BCUT2D eigenvalue weighted by atomic mass is 19.1. The van der Waals surface area contributed by atoms with Gasteiger partial charge in [0, 0.05) is 24.2 Å². The molecule has 3 aromatic rings. The molecule has 5 nitrogen and oxygen atoms in total. The molecular formula is C21H20FN3O2. The third-order valence-electron chi connectivity index (χ3n) is 4.90. The van der Waals surface area contributed by atoms with Gasteiger partial charge in [0.2, 0.25) is 11.7 Å². The van der Waals surface area contributed by atoms with Gasteiger partial charge in [-0.15, -0.1) is 0 Å². The molecule has 2 heterocycles. The van der Waals surface area contributed by atoms with Crippen LogP contribution in [0.1, 0.15) is 40.6 Å². The van der Waals surface area contributed by atoms with E-state index in [2.05, 4.69) is 10.1 Å². The number of carbonyl (C=O) groups excluding carboxylic acids is 1. The minimum Gasteiger partial charge on any atom is -0.339 e. The van der Waals surface area contributed by atoms with Crippen molar-refractivity contribution in [2.24, 2.45) is 0 Å². The molecular weight excluding hydrogens is 345 g/mol. The molecule has 0 spiro atoms. The highest BCUT2D eigenvalue weighted by molar-refractivity contribution is 5.94. The van der Waals surface area contributed by atoms with E-state index in [4.69, 9.17) is 4.52 Å². The van der Waals surface area contributed by atoms with Gasteiger partial charge in [0.15, 0.2) is 0 Å². The molecule has 2 aromatic carbocycles. The van der Waals surface area contributed by atoms with Gasteiger partial charge >= 0.3 is 0 Å². The van der Waals surface area contributed by atoms with Crippen LogP contribution in [0, 0.1) is 12.7 Å². The molecule has 27 heavy (non-hydrogen) atoms. The van der Waals surface area contributed by atoms with E-state index in [1.165, 1.54) is 12.1 Å². The second-order valence-electron chi connectivity index (χ2n) is 6.92. The normalized spacial score (nSPS) is 17.1. The smallest absolute Gasteiger partial charge is 0.253 e. The maximum absolute atomic E-state index is 13.1. The van der Waals surface area contributed by atoms with Crippen LogP contribution in [0.2, 0.25) is 0 Å². The van der Waals surface area contributed by atoms with Crippen LogP contribution < -0.4 is 0 Å². The number of halogens is 1. The van der Waals surface area contributed by atoms with E-state index in [1.54, 1.807) is 12.1 Å². The minimum absolute atomic E-state index is 0.00912. The molecule has 1 amide bonds. The van der Waals surface area contributed by atoms with Gasteiger partial charge in [0.05, 0.1) is 5.92 Å². The Hall–Kier alpha value is -3.02. The number of carbonyl (C=O) groups is 1. The summed E-state index contributed by atoms with van der Waals surface area (Å²) in [5.41, 5.74) is 2.52. The van der Waals surface area contributed by atoms with Crippen LogP contribution in [0.15, 0.2) is 53.1 Å². The van der Waals surface area contributed by atoms with Crippen molar-refractivity contribution in [3.8, 4) is 11.4 Å². The largest absolute Gasteiger partial charge is 0.339 e. The lowest BCUT2D eigenvalue weighted by molar-refractivity contribution is 0.0695. The lowest BCUT2D eigenvalue weighted by atomic mass is 9.97. The summed E-state index contributed by atoms with van der Waals surface area (Å²) in [6.45, 7) is 3.28. The Morgan fingerprint density at radius 2 is 1.89 bits per heavy atom. The first-order valence-corrected chi connectivity index (χ1v) is 9.05. The lowest BCUT2D eigenvalue weighted by Crippen LogP contribution is -2.39. The average molecular weight is 365 g/mol. The summed E-state index contributed by atoms with van der Waals surface area (Å²) in [5, 5.41) is 4.02. The van der Waals surface area contributed by atoms with E-state index in [0.29, 0.717) is 29.4 Å². The molecule has 0 N–H and O–H groups in total. The average Bonchev–Trinajstić information content (AvgIpc) is 3.19. The van der Waals surface area contributed by atoms with Crippen LogP contribution in [0.5, 0.6) is 0 Å². The maximum atomic E-state index is 13.1. The van der Waals surface area contributed by atoms with Crippen LogP contribution in [0.4, 0.5) is 4.39 Å². The van der Waals surface area contributed by atoms with Crippen LogP contribution in [-0.2, 0) is 0 Å². The van der Waals surface area contributed by atoms with Gasteiger partial charge in [-0.25, -0.2) is 4.39 Å². The second-order valence-corrected chi connectivity index (χ2v) is 6.92. The monoisotopic (exact) mass is 365 g/mol. The Labute approximate surface area is 156 Å². The number of likely N-dealkylation sites (tertiary alicyclic amines) is 1. The first-order chi connectivity index (χ1) is 13.1. The third-order valence-corrected chi connectivity index (χ3v) is 4.90. The first-order valence-electron chi connectivity index (χ1n) is 9.05. The molecule has 0 aliphatic carbocycles. The third kappa shape index (κ3) is 3.74.